The molecule has 1 unspecified atom stereocenters. The summed E-state index contributed by atoms with van der Waals surface area (Å²) in [6, 6.07) is 8.38. The minimum absolute atomic E-state index is 0.0634. The van der Waals surface area contributed by atoms with Gasteiger partial charge in [-0.05, 0) is 50.3 Å². The molecule has 0 aliphatic rings. The Morgan fingerprint density at radius 3 is 2.07 bits per heavy atom. The van der Waals surface area contributed by atoms with Gasteiger partial charge >= 0.3 is 0 Å². The molecule has 1 aromatic carbocycles. The van der Waals surface area contributed by atoms with E-state index >= 15 is 0 Å². The van der Waals surface area contributed by atoms with Crippen molar-refractivity contribution in [3.05, 3.63) is 58.0 Å². The van der Waals surface area contributed by atoms with E-state index in [0.717, 1.165) is 21.7 Å². The Hall–Kier alpha value is -2.20. The second-order valence-corrected chi connectivity index (χ2v) is 8.85. The molecule has 1 atom stereocenters. The molecule has 1 aromatic heterocycles. The van der Waals surface area contributed by atoms with E-state index in [-0.39, 0.29) is 5.92 Å². The van der Waals surface area contributed by atoms with Gasteiger partial charge in [-0.2, -0.15) is 0 Å². The zero-order chi connectivity index (χ0) is 20.5. The molecule has 2 aromatic rings. The number of rotatable bonds is 5. The van der Waals surface area contributed by atoms with E-state index in [1.807, 2.05) is 0 Å². The summed E-state index contributed by atoms with van der Waals surface area (Å²) in [7, 11) is 0. The van der Waals surface area contributed by atoms with Crippen molar-refractivity contribution < 1.29 is 0 Å². The molecule has 2 N–H and O–H groups in total. The van der Waals surface area contributed by atoms with Crippen LogP contribution in [0.3, 0.4) is 0 Å². The lowest BCUT2D eigenvalue weighted by Crippen LogP contribution is -2.39. The fourth-order valence-electron chi connectivity index (χ4n) is 2.98. The first-order valence-corrected chi connectivity index (χ1v) is 10.2. The molecule has 0 aliphatic carbocycles. The Bertz CT molecular complexity index is 872. The molecule has 1 heterocycles. The highest BCUT2D eigenvalue weighted by molar-refractivity contribution is 7.17. The van der Waals surface area contributed by atoms with Gasteiger partial charge in [0.05, 0.1) is 0 Å². The Labute approximate surface area is 167 Å². The van der Waals surface area contributed by atoms with Crippen LogP contribution in [0.15, 0.2) is 30.8 Å². The van der Waals surface area contributed by atoms with Crippen LogP contribution in [-0.4, -0.2) is 11.7 Å². The van der Waals surface area contributed by atoms with Crippen LogP contribution in [-0.2, 0) is 0 Å². The third kappa shape index (κ3) is 4.22. The number of thiophene rings is 1. The van der Waals surface area contributed by atoms with Crippen molar-refractivity contribution in [2.24, 2.45) is 11.8 Å². The molecular formula is C23H31N3S. The first-order chi connectivity index (χ1) is 12.6. The van der Waals surface area contributed by atoms with Crippen molar-refractivity contribution in [3.63, 3.8) is 0 Å². The molecule has 0 bridgehead atoms. The lowest BCUT2D eigenvalue weighted by Gasteiger charge is -2.29. The van der Waals surface area contributed by atoms with Crippen LogP contribution < -0.4 is 4.90 Å². The molecule has 0 amide bonds. The van der Waals surface area contributed by atoms with Gasteiger partial charge in [0.2, 0.25) is 0 Å². The van der Waals surface area contributed by atoms with Crippen LogP contribution >= 0.6 is 11.3 Å². The zero-order valence-corrected chi connectivity index (χ0v) is 18.3. The third-order valence-electron chi connectivity index (χ3n) is 5.28. The average Bonchev–Trinajstić information content (AvgIpc) is 2.88. The van der Waals surface area contributed by atoms with E-state index in [4.69, 9.17) is 10.8 Å². The minimum Gasteiger partial charge on any atom is -0.288 e. The predicted molar refractivity (Wildman–Crippen MR) is 121 cm³/mol. The number of nitrogens with one attached hydrogen (secondary N) is 2. The van der Waals surface area contributed by atoms with Crippen LogP contribution in [0.2, 0.25) is 0 Å². The molecule has 0 saturated heterocycles. The molecule has 0 radical (unpaired) electrons. The molecule has 2 rings (SSSR count). The molecule has 144 valence electrons. The van der Waals surface area contributed by atoms with Crippen LogP contribution in [0.1, 0.15) is 54.8 Å². The molecule has 27 heavy (non-hydrogen) atoms. The standard InChI is InChI=1S/C23H31N3S/c1-13(2)15(4)22(25)26(19(8)24)23-21(16(5)18(7)27-23)17(6)20-11-9-14(3)10-12-20/h9-13,15,24-25H,6H2,1-5,7-8H3. The summed E-state index contributed by atoms with van der Waals surface area (Å²) in [6.07, 6.45) is 0. The van der Waals surface area contributed by atoms with Crippen LogP contribution in [0, 0.1) is 43.4 Å². The minimum atomic E-state index is 0.0634. The SMILES string of the molecule is C=C(c1ccc(C)cc1)c1c(N(C(C)=N)C(=N)C(C)C(C)C)sc(C)c1C. The maximum absolute atomic E-state index is 8.76. The van der Waals surface area contributed by atoms with Crippen molar-refractivity contribution in [2.45, 2.75) is 48.5 Å². The fourth-order valence-corrected chi connectivity index (χ4v) is 4.23. The fraction of sp³-hybridized carbons (Fsp3) is 0.391. The molecule has 0 saturated carbocycles. The van der Waals surface area contributed by atoms with Gasteiger partial charge < -0.3 is 0 Å². The van der Waals surface area contributed by atoms with Gasteiger partial charge in [0.25, 0.3) is 0 Å². The van der Waals surface area contributed by atoms with E-state index in [2.05, 4.69) is 72.4 Å². The molecule has 3 nitrogen and oxygen atoms in total. The topological polar surface area (TPSA) is 50.9 Å². The van der Waals surface area contributed by atoms with Crippen molar-refractivity contribution >= 4 is 33.6 Å². The molecule has 0 aliphatic heterocycles. The maximum Gasteiger partial charge on any atom is 0.110 e. The summed E-state index contributed by atoms with van der Waals surface area (Å²) >= 11 is 1.64. The molecule has 0 fully saturated rings. The van der Waals surface area contributed by atoms with Gasteiger partial charge in [-0.1, -0.05) is 57.2 Å². The summed E-state index contributed by atoms with van der Waals surface area (Å²) in [6.45, 7) is 18.7. The van der Waals surface area contributed by atoms with Crippen LogP contribution in [0.25, 0.3) is 5.57 Å². The normalized spacial score (nSPS) is 12.1. The predicted octanol–water partition coefficient (Wildman–Crippen LogP) is 6.81. The van der Waals surface area contributed by atoms with Crippen molar-refractivity contribution in [3.8, 4) is 0 Å². The highest BCUT2D eigenvalue weighted by Gasteiger charge is 2.28. The Balaban J connectivity index is 2.61. The smallest absolute Gasteiger partial charge is 0.110 e. The van der Waals surface area contributed by atoms with Crippen LogP contribution in [0.4, 0.5) is 5.00 Å². The van der Waals surface area contributed by atoms with Gasteiger partial charge in [-0.15, -0.1) is 11.3 Å². The van der Waals surface area contributed by atoms with Crippen LogP contribution in [0.5, 0.6) is 0 Å². The summed E-state index contributed by atoms with van der Waals surface area (Å²) < 4.78 is 0. The van der Waals surface area contributed by atoms with Gasteiger partial charge in [0.1, 0.15) is 16.7 Å². The summed E-state index contributed by atoms with van der Waals surface area (Å²) in [4.78, 5) is 2.99. The maximum atomic E-state index is 8.76. The quantitative estimate of drug-likeness (QED) is 0.434. The Morgan fingerprint density at radius 2 is 1.59 bits per heavy atom. The summed E-state index contributed by atoms with van der Waals surface area (Å²) in [5.74, 6) is 1.24. The molecule has 0 spiro atoms. The van der Waals surface area contributed by atoms with Gasteiger partial charge in [0, 0.05) is 16.4 Å². The lowest BCUT2D eigenvalue weighted by molar-refractivity contribution is 0.526. The van der Waals surface area contributed by atoms with E-state index < -0.39 is 0 Å². The highest BCUT2D eigenvalue weighted by atomic mass is 32.1. The van der Waals surface area contributed by atoms with Crippen molar-refractivity contribution in [1.82, 2.24) is 0 Å². The zero-order valence-electron chi connectivity index (χ0n) is 17.5. The average molecular weight is 382 g/mol. The highest BCUT2D eigenvalue weighted by Crippen LogP contribution is 2.42. The van der Waals surface area contributed by atoms with Gasteiger partial charge in [0.15, 0.2) is 0 Å². The second-order valence-electron chi connectivity index (χ2n) is 7.65. The number of aryl methyl sites for hydroxylation is 2. The number of hydrogen-bond acceptors (Lipinski definition) is 3. The van der Waals surface area contributed by atoms with E-state index in [1.54, 1.807) is 23.2 Å². The van der Waals surface area contributed by atoms with Crippen molar-refractivity contribution in [2.75, 3.05) is 4.90 Å². The first kappa shape index (κ1) is 21.1. The number of hydrogen-bond donors (Lipinski definition) is 2. The Kier molecular flexibility index (Phi) is 6.42. The van der Waals surface area contributed by atoms with Gasteiger partial charge in [-0.3, -0.25) is 15.7 Å². The van der Waals surface area contributed by atoms with Crippen molar-refractivity contribution in [1.29, 1.82) is 10.8 Å². The number of benzene rings is 1. The molecular weight excluding hydrogens is 350 g/mol. The third-order valence-corrected chi connectivity index (χ3v) is 6.47. The van der Waals surface area contributed by atoms with Gasteiger partial charge in [-0.25, -0.2) is 0 Å². The number of nitrogens with zero attached hydrogens (tertiary/aromatic N) is 1. The molecule has 4 heteroatoms. The summed E-state index contributed by atoms with van der Waals surface area (Å²) in [5, 5.41) is 18.1. The van der Waals surface area contributed by atoms with E-state index in [1.165, 1.54) is 16.0 Å². The van der Waals surface area contributed by atoms with E-state index in [0.29, 0.717) is 17.6 Å². The number of amidine groups is 2. The second kappa shape index (κ2) is 8.22. The first-order valence-electron chi connectivity index (χ1n) is 9.36. The number of anilines is 1. The van der Waals surface area contributed by atoms with E-state index in [9.17, 15) is 0 Å². The lowest BCUT2D eigenvalue weighted by atomic mass is 9.94. The Morgan fingerprint density at radius 1 is 1.04 bits per heavy atom. The summed E-state index contributed by atoms with van der Waals surface area (Å²) in [5.41, 5.74) is 5.47. The monoisotopic (exact) mass is 381 g/mol. The largest absolute Gasteiger partial charge is 0.288 e.